The second-order valence-electron chi connectivity index (χ2n) is 6.19. The van der Waals surface area contributed by atoms with Gasteiger partial charge in [-0.3, -0.25) is 0 Å². The molecule has 1 aromatic carbocycles. The number of piperidine rings is 1. The number of nitrogens with zero attached hydrogens (tertiary/aromatic N) is 5. The number of aryl methyl sites for hydroxylation is 1. The molecule has 1 unspecified atom stereocenters. The summed E-state index contributed by atoms with van der Waals surface area (Å²) >= 11 is 0. The van der Waals surface area contributed by atoms with Crippen LogP contribution in [0.3, 0.4) is 0 Å². The van der Waals surface area contributed by atoms with Crippen molar-refractivity contribution in [3.8, 4) is 0 Å². The maximum atomic E-state index is 4.55. The van der Waals surface area contributed by atoms with Crippen molar-refractivity contribution >= 4 is 22.5 Å². The molecule has 1 fully saturated rings. The summed E-state index contributed by atoms with van der Waals surface area (Å²) in [5.41, 5.74) is 1.96. The van der Waals surface area contributed by atoms with E-state index < -0.39 is 0 Å². The van der Waals surface area contributed by atoms with Crippen LogP contribution in [-0.4, -0.2) is 39.1 Å². The second-order valence-corrected chi connectivity index (χ2v) is 6.19. The predicted octanol–water partition coefficient (Wildman–Crippen LogP) is 2.81. The maximum absolute atomic E-state index is 4.55. The van der Waals surface area contributed by atoms with E-state index in [0.29, 0.717) is 6.04 Å². The Morgan fingerprint density at radius 3 is 2.88 bits per heavy atom. The Labute approximate surface area is 141 Å². The number of para-hydroxylation sites is 1. The van der Waals surface area contributed by atoms with Gasteiger partial charge in [-0.25, -0.2) is 19.9 Å². The summed E-state index contributed by atoms with van der Waals surface area (Å²) < 4.78 is 0. The molecule has 4 rings (SSSR count). The average Bonchev–Trinajstić information content (AvgIpc) is 2.61. The quantitative estimate of drug-likeness (QED) is 0.800. The number of fused-ring (bicyclic) bond motifs is 1. The van der Waals surface area contributed by atoms with Gasteiger partial charge >= 0.3 is 0 Å². The van der Waals surface area contributed by atoms with E-state index in [1.165, 1.54) is 0 Å². The summed E-state index contributed by atoms with van der Waals surface area (Å²) in [7, 11) is 0. The van der Waals surface area contributed by atoms with E-state index in [2.05, 4.69) is 36.2 Å². The molecular formula is C18H20N6. The molecular weight excluding hydrogens is 300 g/mol. The lowest BCUT2D eigenvalue weighted by atomic mass is 10.0. The molecule has 1 aliphatic heterocycles. The molecule has 1 saturated heterocycles. The van der Waals surface area contributed by atoms with Crippen molar-refractivity contribution in [1.29, 1.82) is 0 Å². The van der Waals surface area contributed by atoms with Gasteiger partial charge in [0.05, 0.1) is 5.52 Å². The molecule has 0 radical (unpaired) electrons. The number of hydrogen-bond donors (Lipinski definition) is 1. The number of nitrogens with one attached hydrogen (secondary N) is 1. The van der Waals surface area contributed by atoms with E-state index in [-0.39, 0.29) is 0 Å². The van der Waals surface area contributed by atoms with Gasteiger partial charge < -0.3 is 10.2 Å². The summed E-state index contributed by atoms with van der Waals surface area (Å²) in [4.78, 5) is 19.7. The zero-order chi connectivity index (χ0) is 16.4. The SMILES string of the molecule is Cc1cc(NC2CCCN(c3ncnc4ccccc34)C2)ncn1. The van der Waals surface area contributed by atoms with Crippen LogP contribution in [-0.2, 0) is 0 Å². The molecule has 1 aliphatic rings. The largest absolute Gasteiger partial charge is 0.365 e. The van der Waals surface area contributed by atoms with Crippen molar-refractivity contribution in [2.45, 2.75) is 25.8 Å². The monoisotopic (exact) mass is 320 g/mol. The van der Waals surface area contributed by atoms with Crippen LogP contribution >= 0.6 is 0 Å². The molecule has 6 nitrogen and oxygen atoms in total. The van der Waals surface area contributed by atoms with Gasteiger partial charge in [-0.15, -0.1) is 0 Å². The zero-order valence-corrected chi connectivity index (χ0v) is 13.7. The van der Waals surface area contributed by atoms with Crippen molar-refractivity contribution in [2.24, 2.45) is 0 Å². The molecule has 6 heteroatoms. The van der Waals surface area contributed by atoms with E-state index in [0.717, 1.165) is 54.2 Å². The highest BCUT2D eigenvalue weighted by Crippen LogP contribution is 2.26. The summed E-state index contributed by atoms with van der Waals surface area (Å²) in [6, 6.07) is 10.5. The summed E-state index contributed by atoms with van der Waals surface area (Å²) in [6.07, 6.45) is 5.52. The Morgan fingerprint density at radius 2 is 1.96 bits per heavy atom. The lowest BCUT2D eigenvalue weighted by Crippen LogP contribution is -2.42. The Bertz CT molecular complexity index is 844. The highest BCUT2D eigenvalue weighted by Gasteiger charge is 2.22. The highest BCUT2D eigenvalue weighted by molar-refractivity contribution is 5.89. The number of hydrogen-bond acceptors (Lipinski definition) is 6. The lowest BCUT2D eigenvalue weighted by molar-refractivity contribution is 0.526. The van der Waals surface area contributed by atoms with E-state index in [1.54, 1.807) is 12.7 Å². The molecule has 24 heavy (non-hydrogen) atoms. The van der Waals surface area contributed by atoms with Crippen LogP contribution in [0.1, 0.15) is 18.5 Å². The molecule has 3 aromatic rings. The fourth-order valence-electron chi connectivity index (χ4n) is 3.27. The predicted molar refractivity (Wildman–Crippen MR) is 95.2 cm³/mol. The molecule has 0 aliphatic carbocycles. The van der Waals surface area contributed by atoms with E-state index >= 15 is 0 Å². The summed E-state index contributed by atoms with van der Waals surface area (Å²) in [5.74, 6) is 1.91. The lowest BCUT2D eigenvalue weighted by Gasteiger charge is -2.34. The van der Waals surface area contributed by atoms with Crippen LogP contribution in [0.25, 0.3) is 10.9 Å². The van der Waals surface area contributed by atoms with Gasteiger partial charge in [0.2, 0.25) is 0 Å². The van der Waals surface area contributed by atoms with Crippen LogP contribution < -0.4 is 10.2 Å². The molecule has 2 aromatic heterocycles. The van der Waals surface area contributed by atoms with Crippen molar-refractivity contribution in [2.75, 3.05) is 23.3 Å². The van der Waals surface area contributed by atoms with Gasteiger partial charge in [0.25, 0.3) is 0 Å². The van der Waals surface area contributed by atoms with Crippen molar-refractivity contribution < 1.29 is 0 Å². The minimum absolute atomic E-state index is 0.349. The molecule has 1 N–H and O–H groups in total. The summed E-state index contributed by atoms with van der Waals surface area (Å²) in [6.45, 7) is 3.90. The van der Waals surface area contributed by atoms with Gasteiger partial charge in [0.1, 0.15) is 24.3 Å². The van der Waals surface area contributed by atoms with Gasteiger partial charge in [0, 0.05) is 36.3 Å². The third-order valence-electron chi connectivity index (χ3n) is 4.40. The third-order valence-corrected chi connectivity index (χ3v) is 4.40. The maximum Gasteiger partial charge on any atom is 0.139 e. The molecule has 122 valence electrons. The normalized spacial score (nSPS) is 17.9. The van der Waals surface area contributed by atoms with Gasteiger partial charge in [-0.1, -0.05) is 12.1 Å². The van der Waals surface area contributed by atoms with Crippen molar-refractivity contribution in [1.82, 2.24) is 19.9 Å². The van der Waals surface area contributed by atoms with E-state index in [1.807, 2.05) is 31.2 Å². The first-order valence-corrected chi connectivity index (χ1v) is 8.29. The first-order chi connectivity index (χ1) is 11.8. The molecule has 0 bridgehead atoms. The van der Waals surface area contributed by atoms with Gasteiger partial charge in [-0.2, -0.15) is 0 Å². The van der Waals surface area contributed by atoms with Crippen LogP contribution in [0.15, 0.2) is 43.0 Å². The number of anilines is 2. The Kier molecular flexibility index (Phi) is 3.94. The first-order valence-electron chi connectivity index (χ1n) is 8.29. The highest BCUT2D eigenvalue weighted by atomic mass is 15.2. The molecule has 0 spiro atoms. The van der Waals surface area contributed by atoms with Crippen LogP contribution in [0.4, 0.5) is 11.6 Å². The van der Waals surface area contributed by atoms with Crippen LogP contribution in [0.5, 0.6) is 0 Å². The van der Waals surface area contributed by atoms with E-state index in [9.17, 15) is 0 Å². The minimum Gasteiger partial charge on any atom is -0.365 e. The molecule has 1 atom stereocenters. The van der Waals surface area contributed by atoms with Gasteiger partial charge in [0.15, 0.2) is 0 Å². The van der Waals surface area contributed by atoms with Crippen molar-refractivity contribution in [3.05, 3.63) is 48.7 Å². The molecule has 0 amide bonds. The number of benzene rings is 1. The Hall–Kier alpha value is -2.76. The van der Waals surface area contributed by atoms with Crippen LogP contribution in [0.2, 0.25) is 0 Å². The third kappa shape index (κ3) is 2.99. The van der Waals surface area contributed by atoms with Crippen molar-refractivity contribution in [3.63, 3.8) is 0 Å². The number of aromatic nitrogens is 4. The van der Waals surface area contributed by atoms with E-state index in [4.69, 9.17) is 0 Å². The number of rotatable bonds is 3. The second kappa shape index (κ2) is 6.39. The topological polar surface area (TPSA) is 66.8 Å². The fraction of sp³-hybridized carbons (Fsp3) is 0.333. The standard InChI is InChI=1S/C18H20N6/c1-13-9-17(21-11-19-13)23-14-5-4-8-24(10-14)18-15-6-2-3-7-16(15)20-12-22-18/h2-3,6-7,9,11-12,14H,4-5,8,10H2,1H3,(H,19,21,23). The Morgan fingerprint density at radius 1 is 1.08 bits per heavy atom. The summed E-state index contributed by atoms with van der Waals surface area (Å²) in [5, 5.41) is 4.64. The first kappa shape index (κ1) is 14.8. The molecule has 0 saturated carbocycles. The Balaban J connectivity index is 1.56. The molecule has 3 heterocycles. The zero-order valence-electron chi connectivity index (χ0n) is 13.7. The minimum atomic E-state index is 0.349. The smallest absolute Gasteiger partial charge is 0.139 e. The van der Waals surface area contributed by atoms with Gasteiger partial charge in [-0.05, 0) is 31.9 Å². The fourth-order valence-corrected chi connectivity index (χ4v) is 3.27. The average molecular weight is 320 g/mol. The van der Waals surface area contributed by atoms with Crippen LogP contribution in [0, 0.1) is 6.92 Å².